The fourth-order valence-electron chi connectivity index (χ4n) is 2.08. The second kappa shape index (κ2) is 3.35. The largest absolute Gasteiger partial charge is 0.378 e. The Bertz CT molecular complexity index is 313. The molecule has 76 valence electrons. The molecule has 0 spiro atoms. The molecule has 1 aliphatic heterocycles. The van der Waals surface area contributed by atoms with Crippen LogP contribution in [0.2, 0.25) is 0 Å². The van der Waals surface area contributed by atoms with Crippen molar-refractivity contribution in [3.63, 3.8) is 0 Å². The molecule has 1 aromatic heterocycles. The number of aromatic nitrogens is 3. The van der Waals surface area contributed by atoms with Gasteiger partial charge in [-0.2, -0.15) is 0 Å². The zero-order valence-corrected chi connectivity index (χ0v) is 8.22. The zero-order valence-electron chi connectivity index (χ0n) is 8.22. The average molecular weight is 193 g/mol. The molecule has 0 aromatic carbocycles. The first-order chi connectivity index (χ1) is 6.93. The SMILES string of the molecule is c1nnc(CC2CCCO2)n1C1CC1. The molecular formula is C10H15N3O. The smallest absolute Gasteiger partial charge is 0.135 e. The van der Waals surface area contributed by atoms with Crippen LogP contribution in [-0.2, 0) is 11.2 Å². The summed E-state index contributed by atoms with van der Waals surface area (Å²) in [6.07, 6.45) is 8.14. The predicted octanol–water partition coefficient (Wildman–Crippen LogP) is 1.33. The predicted molar refractivity (Wildman–Crippen MR) is 51.0 cm³/mol. The number of hydrogen-bond acceptors (Lipinski definition) is 3. The van der Waals surface area contributed by atoms with Crippen LogP contribution >= 0.6 is 0 Å². The molecule has 4 nitrogen and oxygen atoms in total. The van der Waals surface area contributed by atoms with Gasteiger partial charge in [0.1, 0.15) is 12.2 Å². The van der Waals surface area contributed by atoms with Crippen molar-refractivity contribution in [3.8, 4) is 0 Å². The van der Waals surface area contributed by atoms with E-state index in [-0.39, 0.29) is 0 Å². The molecule has 1 saturated carbocycles. The molecule has 2 fully saturated rings. The van der Waals surface area contributed by atoms with E-state index in [4.69, 9.17) is 4.74 Å². The molecule has 1 aromatic rings. The lowest BCUT2D eigenvalue weighted by Crippen LogP contribution is -2.13. The van der Waals surface area contributed by atoms with Crippen molar-refractivity contribution in [2.24, 2.45) is 0 Å². The van der Waals surface area contributed by atoms with Crippen molar-refractivity contribution in [1.82, 2.24) is 14.8 Å². The average Bonchev–Trinajstić information content (AvgIpc) is 2.74. The molecule has 0 radical (unpaired) electrons. The van der Waals surface area contributed by atoms with Crippen LogP contribution < -0.4 is 0 Å². The third kappa shape index (κ3) is 1.54. The van der Waals surface area contributed by atoms with Gasteiger partial charge < -0.3 is 9.30 Å². The van der Waals surface area contributed by atoms with E-state index >= 15 is 0 Å². The Labute approximate surface area is 83.3 Å². The van der Waals surface area contributed by atoms with Crippen LogP contribution in [0.25, 0.3) is 0 Å². The Hall–Kier alpha value is -0.900. The fourth-order valence-corrected chi connectivity index (χ4v) is 2.08. The summed E-state index contributed by atoms with van der Waals surface area (Å²) in [6, 6.07) is 0.682. The standard InChI is InChI=1S/C10H15N3O/c1-2-9(14-5-1)6-10-12-11-7-13(10)8-3-4-8/h7-9H,1-6H2. The summed E-state index contributed by atoms with van der Waals surface area (Å²) in [6.45, 7) is 0.919. The monoisotopic (exact) mass is 193 g/mol. The van der Waals surface area contributed by atoms with E-state index in [1.165, 1.54) is 25.7 Å². The van der Waals surface area contributed by atoms with E-state index in [0.29, 0.717) is 12.1 Å². The van der Waals surface area contributed by atoms with Gasteiger partial charge in [-0.05, 0) is 25.7 Å². The number of hydrogen-bond donors (Lipinski definition) is 0. The van der Waals surface area contributed by atoms with Crippen LogP contribution in [0.15, 0.2) is 6.33 Å². The van der Waals surface area contributed by atoms with Gasteiger partial charge in [0.05, 0.1) is 6.10 Å². The number of rotatable bonds is 3. The molecule has 0 amide bonds. The first kappa shape index (κ1) is 8.41. The first-order valence-corrected chi connectivity index (χ1v) is 5.43. The lowest BCUT2D eigenvalue weighted by atomic mass is 10.2. The highest BCUT2D eigenvalue weighted by Crippen LogP contribution is 2.35. The van der Waals surface area contributed by atoms with Crippen molar-refractivity contribution in [3.05, 3.63) is 12.2 Å². The van der Waals surface area contributed by atoms with Gasteiger partial charge in [-0.3, -0.25) is 0 Å². The Kier molecular flexibility index (Phi) is 2.01. The maximum Gasteiger partial charge on any atom is 0.135 e. The molecule has 2 aliphatic rings. The maximum atomic E-state index is 5.60. The van der Waals surface area contributed by atoms with Crippen LogP contribution in [0.5, 0.6) is 0 Å². The molecule has 3 rings (SSSR count). The van der Waals surface area contributed by atoms with Gasteiger partial charge in [0.2, 0.25) is 0 Å². The summed E-state index contributed by atoms with van der Waals surface area (Å²) in [5.74, 6) is 1.11. The summed E-state index contributed by atoms with van der Waals surface area (Å²) in [7, 11) is 0. The third-order valence-corrected chi connectivity index (χ3v) is 3.02. The maximum absolute atomic E-state index is 5.60. The number of nitrogens with zero attached hydrogens (tertiary/aromatic N) is 3. The topological polar surface area (TPSA) is 39.9 Å². The minimum absolute atomic E-state index is 0.386. The van der Waals surface area contributed by atoms with Gasteiger partial charge in [0.15, 0.2) is 0 Å². The van der Waals surface area contributed by atoms with Crippen molar-refractivity contribution in [2.45, 2.75) is 44.2 Å². The Balaban J connectivity index is 1.71. The second-order valence-electron chi connectivity index (χ2n) is 4.22. The quantitative estimate of drug-likeness (QED) is 0.727. The van der Waals surface area contributed by atoms with Crippen LogP contribution in [0, 0.1) is 0 Å². The van der Waals surface area contributed by atoms with E-state index in [1.54, 1.807) is 0 Å². The molecule has 1 atom stereocenters. The molecule has 14 heavy (non-hydrogen) atoms. The molecule has 1 unspecified atom stereocenters. The van der Waals surface area contributed by atoms with E-state index in [1.807, 2.05) is 6.33 Å². The summed E-state index contributed by atoms with van der Waals surface area (Å²) in [5, 5.41) is 8.16. The Morgan fingerprint density at radius 2 is 2.36 bits per heavy atom. The summed E-state index contributed by atoms with van der Waals surface area (Å²) in [4.78, 5) is 0. The van der Waals surface area contributed by atoms with Gasteiger partial charge in [-0.15, -0.1) is 10.2 Å². The molecule has 2 heterocycles. The van der Waals surface area contributed by atoms with E-state index in [0.717, 1.165) is 18.9 Å². The van der Waals surface area contributed by atoms with E-state index in [9.17, 15) is 0 Å². The van der Waals surface area contributed by atoms with Crippen LogP contribution in [0.4, 0.5) is 0 Å². The van der Waals surface area contributed by atoms with E-state index in [2.05, 4.69) is 14.8 Å². The van der Waals surface area contributed by atoms with Crippen molar-refractivity contribution in [2.75, 3.05) is 6.61 Å². The molecule has 0 bridgehead atoms. The van der Waals surface area contributed by atoms with Crippen LogP contribution in [-0.4, -0.2) is 27.5 Å². The van der Waals surface area contributed by atoms with Gasteiger partial charge in [0.25, 0.3) is 0 Å². The molecular weight excluding hydrogens is 178 g/mol. The third-order valence-electron chi connectivity index (χ3n) is 3.02. The van der Waals surface area contributed by atoms with Gasteiger partial charge >= 0.3 is 0 Å². The normalized spacial score (nSPS) is 27.0. The van der Waals surface area contributed by atoms with Gasteiger partial charge in [0, 0.05) is 19.1 Å². The van der Waals surface area contributed by atoms with Gasteiger partial charge in [-0.1, -0.05) is 0 Å². The molecule has 1 saturated heterocycles. The Morgan fingerprint density at radius 1 is 1.43 bits per heavy atom. The van der Waals surface area contributed by atoms with E-state index < -0.39 is 0 Å². The van der Waals surface area contributed by atoms with Crippen molar-refractivity contribution >= 4 is 0 Å². The first-order valence-electron chi connectivity index (χ1n) is 5.43. The molecule has 4 heteroatoms. The van der Waals surface area contributed by atoms with Crippen molar-refractivity contribution in [1.29, 1.82) is 0 Å². The molecule has 1 aliphatic carbocycles. The van der Waals surface area contributed by atoms with Crippen LogP contribution in [0.3, 0.4) is 0 Å². The Morgan fingerprint density at radius 3 is 3.07 bits per heavy atom. The van der Waals surface area contributed by atoms with Gasteiger partial charge in [-0.25, -0.2) is 0 Å². The fraction of sp³-hybridized carbons (Fsp3) is 0.800. The summed E-state index contributed by atoms with van der Waals surface area (Å²) in [5.41, 5.74) is 0. The molecule has 0 N–H and O–H groups in total. The summed E-state index contributed by atoms with van der Waals surface area (Å²) >= 11 is 0. The highest BCUT2D eigenvalue weighted by Gasteiger charge is 2.27. The minimum Gasteiger partial charge on any atom is -0.378 e. The summed E-state index contributed by atoms with van der Waals surface area (Å²) < 4.78 is 7.82. The number of ether oxygens (including phenoxy) is 1. The lowest BCUT2D eigenvalue weighted by molar-refractivity contribution is 0.109. The van der Waals surface area contributed by atoms with Crippen molar-refractivity contribution < 1.29 is 4.74 Å². The lowest BCUT2D eigenvalue weighted by Gasteiger charge is -2.09. The van der Waals surface area contributed by atoms with Crippen LogP contribution in [0.1, 0.15) is 37.5 Å². The highest BCUT2D eigenvalue weighted by atomic mass is 16.5. The zero-order chi connectivity index (χ0) is 9.38. The minimum atomic E-state index is 0.386. The second-order valence-corrected chi connectivity index (χ2v) is 4.22. The highest BCUT2D eigenvalue weighted by molar-refractivity contribution is 4.96.